The van der Waals surface area contributed by atoms with E-state index in [9.17, 15) is 5.11 Å². The average molecular weight is 229 g/mol. The van der Waals surface area contributed by atoms with Gasteiger partial charge >= 0.3 is 0 Å². The monoisotopic (exact) mass is 228 g/mol. The molecule has 0 bridgehead atoms. The van der Waals surface area contributed by atoms with Crippen molar-refractivity contribution in [2.45, 2.75) is 26.4 Å². The number of rotatable bonds is 4. The van der Waals surface area contributed by atoms with Crippen LogP contribution in [-0.2, 0) is 6.42 Å². The highest BCUT2D eigenvalue weighted by atomic mass is 35.5. The van der Waals surface area contributed by atoms with Crippen LogP contribution in [0.15, 0.2) is 18.5 Å². The normalized spacial score (nSPS) is 17.1. The number of hydrogen-bond donors (Lipinski definition) is 2. The first-order valence-corrected chi connectivity index (χ1v) is 5.34. The molecule has 1 aromatic heterocycles. The van der Waals surface area contributed by atoms with E-state index < -0.39 is 6.10 Å². The quantitative estimate of drug-likeness (QED) is 0.824. The smallest absolute Gasteiger partial charge is 0.0621 e. The molecule has 0 fully saturated rings. The molecule has 3 N–H and O–H groups in total. The molecule has 0 amide bonds. The van der Waals surface area contributed by atoms with E-state index in [-0.39, 0.29) is 5.41 Å². The molecule has 2 unspecified atom stereocenters. The molecule has 0 aliphatic rings. The molecule has 84 valence electrons. The minimum Gasteiger partial charge on any atom is -0.393 e. The van der Waals surface area contributed by atoms with Crippen LogP contribution in [0.5, 0.6) is 0 Å². The number of aliphatic hydroxyl groups excluding tert-OH is 1. The molecule has 1 heterocycles. The first-order chi connectivity index (χ1) is 6.99. The lowest BCUT2D eigenvalue weighted by Gasteiger charge is -2.31. The second kappa shape index (κ2) is 4.92. The van der Waals surface area contributed by atoms with Crippen LogP contribution in [-0.4, -0.2) is 22.7 Å². The van der Waals surface area contributed by atoms with Crippen LogP contribution in [0.1, 0.15) is 19.4 Å². The number of aromatic nitrogens is 1. The maximum atomic E-state index is 9.68. The van der Waals surface area contributed by atoms with Gasteiger partial charge in [-0.25, -0.2) is 0 Å². The van der Waals surface area contributed by atoms with Crippen molar-refractivity contribution in [2.24, 2.45) is 11.1 Å². The highest BCUT2D eigenvalue weighted by Gasteiger charge is 2.29. The predicted octanol–water partition coefficient (Wildman–Crippen LogP) is 1.62. The van der Waals surface area contributed by atoms with Crippen molar-refractivity contribution in [3.05, 3.63) is 29.0 Å². The number of pyridine rings is 1. The molecule has 0 aliphatic carbocycles. The molecule has 2 atom stereocenters. The number of aliphatic hydroxyl groups is 1. The van der Waals surface area contributed by atoms with Gasteiger partial charge in [-0.1, -0.05) is 18.5 Å². The fourth-order valence-electron chi connectivity index (χ4n) is 1.37. The summed E-state index contributed by atoms with van der Waals surface area (Å²) in [7, 11) is 0. The summed E-state index contributed by atoms with van der Waals surface area (Å²) in [6, 6.07) is 1.86. The van der Waals surface area contributed by atoms with Crippen molar-refractivity contribution in [3.63, 3.8) is 0 Å². The van der Waals surface area contributed by atoms with Gasteiger partial charge in [-0.2, -0.15) is 0 Å². The highest BCUT2D eigenvalue weighted by molar-refractivity contribution is 6.31. The summed E-state index contributed by atoms with van der Waals surface area (Å²) in [5.41, 5.74) is 6.32. The van der Waals surface area contributed by atoms with Gasteiger partial charge < -0.3 is 10.8 Å². The summed E-state index contributed by atoms with van der Waals surface area (Å²) in [5, 5.41) is 10.3. The van der Waals surface area contributed by atoms with Gasteiger partial charge in [-0.15, -0.1) is 0 Å². The van der Waals surface area contributed by atoms with Gasteiger partial charge in [-0.3, -0.25) is 4.98 Å². The zero-order valence-corrected chi connectivity index (χ0v) is 9.83. The number of hydrogen-bond acceptors (Lipinski definition) is 3. The fourth-order valence-corrected chi connectivity index (χ4v) is 1.56. The first-order valence-electron chi connectivity index (χ1n) is 4.96. The molecule has 15 heavy (non-hydrogen) atoms. The summed E-state index contributed by atoms with van der Waals surface area (Å²) in [5.74, 6) is 0. The third kappa shape index (κ3) is 2.91. The van der Waals surface area contributed by atoms with E-state index in [2.05, 4.69) is 4.98 Å². The van der Waals surface area contributed by atoms with E-state index in [1.807, 2.05) is 13.0 Å². The Bertz CT molecular complexity index is 330. The topological polar surface area (TPSA) is 59.1 Å². The maximum absolute atomic E-state index is 9.68. The Morgan fingerprint density at radius 3 is 2.80 bits per heavy atom. The zero-order chi connectivity index (χ0) is 11.5. The van der Waals surface area contributed by atoms with Crippen LogP contribution < -0.4 is 5.73 Å². The third-order valence-corrected chi connectivity index (χ3v) is 3.27. The lowest BCUT2D eigenvalue weighted by molar-refractivity contribution is 0.0589. The summed E-state index contributed by atoms with van der Waals surface area (Å²) in [6.45, 7) is 4.12. The van der Waals surface area contributed by atoms with Crippen molar-refractivity contribution in [3.8, 4) is 0 Å². The standard InChI is InChI=1S/C11H17ClN2O/c1-8(15)11(2,7-13)5-9-3-4-14-6-10(9)12/h3-4,6,8,15H,5,7,13H2,1-2H3. The van der Waals surface area contributed by atoms with Gasteiger partial charge in [0.15, 0.2) is 0 Å². The molecule has 1 rings (SSSR count). The molecule has 0 aliphatic heterocycles. The molecular weight excluding hydrogens is 212 g/mol. The molecular formula is C11H17ClN2O. The van der Waals surface area contributed by atoms with Gasteiger partial charge in [0.1, 0.15) is 0 Å². The lowest BCUT2D eigenvalue weighted by Crippen LogP contribution is -2.39. The van der Waals surface area contributed by atoms with Crippen molar-refractivity contribution < 1.29 is 5.11 Å². The SMILES string of the molecule is CC(O)C(C)(CN)Cc1ccncc1Cl. The Balaban J connectivity index is 2.89. The number of nitrogens with zero attached hydrogens (tertiary/aromatic N) is 1. The van der Waals surface area contributed by atoms with Gasteiger partial charge in [0.05, 0.1) is 11.1 Å². The summed E-state index contributed by atoms with van der Waals surface area (Å²) >= 11 is 6.01. The molecule has 4 heteroatoms. The maximum Gasteiger partial charge on any atom is 0.0621 e. The minimum atomic E-state index is -0.466. The van der Waals surface area contributed by atoms with Gasteiger partial charge in [0.25, 0.3) is 0 Å². The van der Waals surface area contributed by atoms with Crippen LogP contribution in [0.25, 0.3) is 0 Å². The van der Waals surface area contributed by atoms with Crippen molar-refractivity contribution >= 4 is 11.6 Å². The third-order valence-electron chi connectivity index (χ3n) is 2.93. The summed E-state index contributed by atoms with van der Waals surface area (Å²) in [6.07, 6.45) is 3.49. The fraction of sp³-hybridized carbons (Fsp3) is 0.545. The van der Waals surface area contributed by atoms with Gasteiger partial charge in [0, 0.05) is 24.4 Å². The second-order valence-corrected chi connectivity index (χ2v) is 4.59. The van der Waals surface area contributed by atoms with E-state index in [1.54, 1.807) is 19.3 Å². The molecule has 0 saturated heterocycles. The second-order valence-electron chi connectivity index (χ2n) is 4.18. The van der Waals surface area contributed by atoms with Gasteiger partial charge in [-0.05, 0) is 25.0 Å². The molecule has 1 aromatic rings. The van der Waals surface area contributed by atoms with E-state index in [0.717, 1.165) is 5.56 Å². The van der Waals surface area contributed by atoms with E-state index in [4.69, 9.17) is 17.3 Å². The van der Waals surface area contributed by atoms with Crippen molar-refractivity contribution in [1.29, 1.82) is 0 Å². The largest absolute Gasteiger partial charge is 0.393 e. The molecule has 0 radical (unpaired) electrons. The Kier molecular flexibility index (Phi) is 4.08. The Morgan fingerprint density at radius 1 is 1.67 bits per heavy atom. The Morgan fingerprint density at radius 2 is 2.33 bits per heavy atom. The predicted molar refractivity (Wildman–Crippen MR) is 61.8 cm³/mol. The van der Waals surface area contributed by atoms with Crippen LogP contribution in [0, 0.1) is 5.41 Å². The van der Waals surface area contributed by atoms with Crippen LogP contribution in [0.2, 0.25) is 5.02 Å². The number of nitrogens with two attached hydrogens (primary N) is 1. The highest BCUT2D eigenvalue weighted by Crippen LogP contribution is 2.28. The molecule has 0 spiro atoms. The van der Waals surface area contributed by atoms with Crippen molar-refractivity contribution in [2.75, 3.05) is 6.54 Å². The Labute approximate surface area is 95.3 Å². The Hall–Kier alpha value is -0.640. The summed E-state index contributed by atoms with van der Waals surface area (Å²) < 4.78 is 0. The van der Waals surface area contributed by atoms with Crippen LogP contribution in [0.3, 0.4) is 0 Å². The van der Waals surface area contributed by atoms with Crippen LogP contribution >= 0.6 is 11.6 Å². The van der Waals surface area contributed by atoms with E-state index >= 15 is 0 Å². The number of halogens is 1. The minimum absolute atomic E-state index is 0.342. The van der Waals surface area contributed by atoms with E-state index in [0.29, 0.717) is 18.0 Å². The molecule has 3 nitrogen and oxygen atoms in total. The summed E-state index contributed by atoms with van der Waals surface area (Å²) in [4.78, 5) is 3.92. The molecule has 0 aromatic carbocycles. The average Bonchev–Trinajstić information content (AvgIpc) is 2.21. The molecule has 0 saturated carbocycles. The van der Waals surface area contributed by atoms with Crippen LogP contribution in [0.4, 0.5) is 0 Å². The van der Waals surface area contributed by atoms with E-state index in [1.165, 1.54) is 0 Å². The first kappa shape index (κ1) is 12.4. The van der Waals surface area contributed by atoms with Crippen molar-refractivity contribution in [1.82, 2.24) is 4.98 Å². The lowest BCUT2D eigenvalue weighted by atomic mass is 9.79. The zero-order valence-electron chi connectivity index (χ0n) is 9.07. The van der Waals surface area contributed by atoms with Gasteiger partial charge in [0.2, 0.25) is 0 Å².